The van der Waals surface area contributed by atoms with Crippen molar-refractivity contribution in [1.29, 1.82) is 0 Å². The lowest BCUT2D eigenvalue weighted by molar-refractivity contribution is -0.145. The maximum atomic E-state index is 14.7. The molecule has 2 aliphatic carbocycles. The highest BCUT2D eigenvalue weighted by molar-refractivity contribution is 6.38. The van der Waals surface area contributed by atoms with Gasteiger partial charge in [-0.1, -0.05) is 71.4 Å². The predicted octanol–water partition coefficient (Wildman–Crippen LogP) is 4.51. The number of ketones is 1. The Kier molecular flexibility index (Phi) is 12.0. The summed E-state index contributed by atoms with van der Waals surface area (Å²) in [5, 5.41) is 12.8. The molecule has 6 atom stereocenters. The Bertz CT molecular complexity index is 1550. The highest BCUT2D eigenvalue weighted by atomic mass is 16.7. The highest BCUT2D eigenvalue weighted by Gasteiger charge is 2.56. The van der Waals surface area contributed by atoms with Crippen LogP contribution in [0.25, 0.3) is 0 Å². The minimum absolute atomic E-state index is 0.0598. The maximum Gasteiger partial charge on any atom is 0.289 e. The van der Waals surface area contributed by atoms with Gasteiger partial charge in [0.1, 0.15) is 17.8 Å². The molecule has 3 N–H and O–H groups in total. The maximum absolute atomic E-state index is 14.7. The lowest BCUT2D eigenvalue weighted by Gasteiger charge is -2.36. The fourth-order valence-corrected chi connectivity index (χ4v) is 8.54. The lowest BCUT2D eigenvalue weighted by atomic mass is 9.84. The quantitative estimate of drug-likeness (QED) is 0.253. The summed E-state index contributed by atoms with van der Waals surface area (Å²) < 4.78 is 5.84. The van der Waals surface area contributed by atoms with Crippen molar-refractivity contribution in [3.05, 3.63) is 28.8 Å². The number of nitrogens with one attached hydrogen (secondary N) is 3. The molecule has 0 bridgehead atoms. The summed E-state index contributed by atoms with van der Waals surface area (Å²) in [4.78, 5) is 75.6. The standard InChI is InChI=1S/C40H59N5O7/c1-9-14-29(32(46)37(49)41-8)42-36(48)31-21-40(20-30(44-52-40)26-17-23(3)33(51-10-2)24(4)18-26)22-45(31)38(50)34(39(5,6)7)43-35(47)28-19-27(28)25-15-12-11-13-16-25/h17-18,25,27-29,31,34H,9-16,19-22H2,1-8H3,(H,41,49)(H,42,48)(H,43,47)/t27-,28+,29-,31-,34+,40+/m0/s1. The zero-order valence-electron chi connectivity index (χ0n) is 32.4. The number of hydrogen-bond acceptors (Lipinski definition) is 8. The van der Waals surface area contributed by atoms with Gasteiger partial charge >= 0.3 is 0 Å². The van der Waals surface area contributed by atoms with E-state index in [1.165, 1.54) is 31.2 Å². The number of aryl methyl sites for hydroxylation is 2. The van der Waals surface area contributed by atoms with Crippen LogP contribution in [0.4, 0.5) is 0 Å². The van der Waals surface area contributed by atoms with Crippen LogP contribution in [0, 0.1) is 37.0 Å². The van der Waals surface area contributed by atoms with Gasteiger partial charge < -0.3 is 30.4 Å². The van der Waals surface area contributed by atoms with Crippen LogP contribution in [0.5, 0.6) is 5.75 Å². The first-order valence-electron chi connectivity index (χ1n) is 19.3. The number of hydrogen-bond donors (Lipinski definition) is 3. The molecule has 0 unspecified atom stereocenters. The molecule has 1 spiro atoms. The van der Waals surface area contributed by atoms with E-state index in [2.05, 4.69) is 21.1 Å². The van der Waals surface area contributed by atoms with Crippen LogP contribution in [0.1, 0.15) is 116 Å². The molecule has 3 fully saturated rings. The van der Waals surface area contributed by atoms with E-state index in [9.17, 15) is 24.0 Å². The molecule has 1 saturated heterocycles. The van der Waals surface area contributed by atoms with Crippen molar-refractivity contribution in [3.63, 3.8) is 0 Å². The molecule has 286 valence electrons. The number of ether oxygens (including phenoxy) is 1. The molecule has 2 heterocycles. The third-order valence-corrected chi connectivity index (χ3v) is 11.4. The number of likely N-dealkylation sites (tertiary alicyclic amines) is 1. The first kappa shape index (κ1) is 39.3. The van der Waals surface area contributed by atoms with Crippen LogP contribution >= 0.6 is 0 Å². The Balaban J connectivity index is 1.40. The van der Waals surface area contributed by atoms with Crippen molar-refractivity contribution in [2.24, 2.45) is 28.3 Å². The molecule has 4 aliphatic rings. The molecular weight excluding hydrogens is 662 g/mol. The smallest absolute Gasteiger partial charge is 0.289 e. The molecule has 0 radical (unpaired) electrons. The second-order valence-electron chi connectivity index (χ2n) is 16.6. The van der Waals surface area contributed by atoms with Crippen LogP contribution in [0.2, 0.25) is 0 Å². The predicted molar refractivity (Wildman–Crippen MR) is 198 cm³/mol. The van der Waals surface area contributed by atoms with Gasteiger partial charge in [0.15, 0.2) is 5.60 Å². The van der Waals surface area contributed by atoms with Crippen molar-refractivity contribution >= 4 is 35.1 Å². The number of benzene rings is 1. The van der Waals surface area contributed by atoms with E-state index in [1.807, 2.05) is 60.6 Å². The van der Waals surface area contributed by atoms with Gasteiger partial charge in [-0.25, -0.2) is 0 Å². The second-order valence-corrected chi connectivity index (χ2v) is 16.6. The fraction of sp³-hybridized carbons (Fsp3) is 0.700. The van der Waals surface area contributed by atoms with Crippen LogP contribution in [0.15, 0.2) is 17.3 Å². The van der Waals surface area contributed by atoms with Gasteiger partial charge in [0.05, 0.1) is 24.9 Å². The number of Topliss-reactive ketones (excluding diaryl/α,β-unsaturated/α-hetero) is 1. The SMILES string of the molecule is CCC[C@H](NC(=O)[C@@H]1C[C@]2(CC(c3cc(C)c(OCC)c(C)c3)=NO2)CN1C(=O)[C@@H](NC(=O)[C@@H]1C[C@H]1C1CCCCC1)C(C)(C)C)C(=O)C(=O)NC. The Morgan fingerprint density at radius 2 is 1.69 bits per heavy atom. The largest absolute Gasteiger partial charge is 0.493 e. The zero-order chi connectivity index (χ0) is 38.0. The van der Waals surface area contributed by atoms with Crippen molar-refractivity contribution < 1.29 is 33.5 Å². The summed E-state index contributed by atoms with van der Waals surface area (Å²) in [6, 6.07) is 1.02. The van der Waals surface area contributed by atoms with E-state index in [0.29, 0.717) is 37.0 Å². The van der Waals surface area contributed by atoms with Gasteiger partial charge in [0.2, 0.25) is 23.5 Å². The number of carbonyl (C=O) groups is 5. The topological polar surface area (TPSA) is 156 Å². The van der Waals surface area contributed by atoms with E-state index in [0.717, 1.165) is 41.7 Å². The number of amides is 4. The van der Waals surface area contributed by atoms with E-state index >= 15 is 0 Å². The van der Waals surface area contributed by atoms with Crippen molar-refractivity contribution in [3.8, 4) is 5.75 Å². The number of likely N-dealkylation sites (N-methyl/N-ethyl adjacent to an activating group) is 1. The molecule has 2 aliphatic heterocycles. The van der Waals surface area contributed by atoms with Gasteiger partial charge in [-0.2, -0.15) is 0 Å². The number of carbonyl (C=O) groups excluding carboxylic acids is 5. The fourth-order valence-electron chi connectivity index (χ4n) is 8.54. The van der Waals surface area contributed by atoms with Gasteiger partial charge in [-0.3, -0.25) is 24.0 Å². The molecule has 12 heteroatoms. The van der Waals surface area contributed by atoms with Crippen molar-refractivity contribution in [1.82, 2.24) is 20.9 Å². The van der Waals surface area contributed by atoms with Crippen LogP contribution in [-0.4, -0.2) is 83.9 Å². The summed E-state index contributed by atoms with van der Waals surface area (Å²) in [5.74, 6) is -0.952. The Morgan fingerprint density at radius 1 is 1.02 bits per heavy atom. The molecule has 0 aromatic heterocycles. The van der Waals surface area contributed by atoms with Crippen LogP contribution in [-0.2, 0) is 28.8 Å². The number of rotatable bonds is 13. The van der Waals surface area contributed by atoms with Crippen molar-refractivity contribution in [2.45, 2.75) is 136 Å². The monoisotopic (exact) mass is 721 g/mol. The molecule has 1 aromatic carbocycles. The molecule has 52 heavy (non-hydrogen) atoms. The average molecular weight is 722 g/mol. The van der Waals surface area contributed by atoms with Gasteiger partial charge in [0.25, 0.3) is 5.91 Å². The summed E-state index contributed by atoms with van der Waals surface area (Å²) in [6.07, 6.45) is 8.10. The molecule has 4 amide bonds. The number of oxime groups is 1. The van der Waals surface area contributed by atoms with Crippen molar-refractivity contribution in [2.75, 3.05) is 20.2 Å². The summed E-state index contributed by atoms with van der Waals surface area (Å²) in [6.45, 7) is 14.1. The van der Waals surface area contributed by atoms with Crippen LogP contribution in [0.3, 0.4) is 0 Å². The third kappa shape index (κ3) is 8.46. The lowest BCUT2D eigenvalue weighted by Crippen LogP contribution is -2.59. The van der Waals surface area contributed by atoms with E-state index in [-0.39, 0.29) is 37.1 Å². The van der Waals surface area contributed by atoms with Gasteiger partial charge in [-0.15, -0.1) is 0 Å². The molecule has 2 saturated carbocycles. The molecule has 5 rings (SSSR count). The summed E-state index contributed by atoms with van der Waals surface area (Å²) in [7, 11) is 1.37. The normalized spacial score (nSPS) is 25.5. The minimum Gasteiger partial charge on any atom is -0.493 e. The Hall–Kier alpha value is -3.96. The summed E-state index contributed by atoms with van der Waals surface area (Å²) in [5.41, 5.74) is 1.83. The first-order valence-corrected chi connectivity index (χ1v) is 19.3. The van der Waals surface area contributed by atoms with Crippen LogP contribution < -0.4 is 20.7 Å². The third-order valence-electron chi connectivity index (χ3n) is 11.4. The van der Waals surface area contributed by atoms with Gasteiger partial charge in [-0.05, 0) is 74.1 Å². The Labute approximate surface area is 308 Å². The summed E-state index contributed by atoms with van der Waals surface area (Å²) >= 11 is 0. The minimum atomic E-state index is -1.05. The zero-order valence-corrected chi connectivity index (χ0v) is 32.4. The molecule has 12 nitrogen and oxygen atoms in total. The average Bonchev–Trinajstić information content (AvgIpc) is 3.68. The molecule has 1 aromatic rings. The molecular formula is C40H59N5O7. The first-order chi connectivity index (χ1) is 24.6. The Morgan fingerprint density at radius 3 is 2.29 bits per heavy atom. The van der Waals surface area contributed by atoms with E-state index < -0.39 is 46.7 Å². The number of nitrogens with zero attached hydrogens (tertiary/aromatic N) is 2. The van der Waals surface area contributed by atoms with E-state index in [1.54, 1.807) is 0 Å². The highest BCUT2D eigenvalue weighted by Crippen LogP contribution is 2.50. The van der Waals surface area contributed by atoms with Gasteiger partial charge in [0, 0.05) is 31.4 Å². The van der Waals surface area contributed by atoms with E-state index in [4.69, 9.17) is 9.57 Å². The second kappa shape index (κ2) is 16.0.